The monoisotopic (exact) mass is 267 g/mol. The Hall–Kier alpha value is -1.20. The summed E-state index contributed by atoms with van der Waals surface area (Å²) in [6.07, 6.45) is 3.61. The van der Waals surface area contributed by atoms with E-state index in [1.54, 1.807) is 10.9 Å². The number of rotatable bonds is 3. The van der Waals surface area contributed by atoms with Gasteiger partial charge in [-0.3, -0.25) is 4.68 Å². The smallest absolute Gasteiger partial charge is 0.106 e. The number of halogens is 1. The molecule has 0 aliphatic carbocycles. The third-order valence-electron chi connectivity index (χ3n) is 1.97. The molecule has 0 aromatic carbocycles. The second-order valence-electron chi connectivity index (χ2n) is 3.06. The van der Waals surface area contributed by atoms with Crippen molar-refractivity contribution in [2.75, 3.05) is 6.61 Å². The summed E-state index contributed by atoms with van der Waals surface area (Å²) >= 11 is 3.32. The van der Waals surface area contributed by atoms with Crippen LogP contribution in [0.2, 0.25) is 0 Å². The molecule has 0 fully saturated rings. The van der Waals surface area contributed by atoms with E-state index in [-0.39, 0.29) is 6.61 Å². The van der Waals surface area contributed by atoms with Gasteiger partial charge in [0, 0.05) is 11.8 Å². The van der Waals surface area contributed by atoms with Crippen molar-refractivity contribution in [1.29, 1.82) is 0 Å². The van der Waals surface area contributed by atoms with E-state index >= 15 is 0 Å². The zero-order valence-corrected chi connectivity index (χ0v) is 9.55. The van der Waals surface area contributed by atoms with Gasteiger partial charge in [-0.25, -0.2) is 4.98 Å². The minimum Gasteiger partial charge on any atom is -0.394 e. The number of aromatic nitrogens is 3. The van der Waals surface area contributed by atoms with Gasteiger partial charge in [0.05, 0.1) is 25.0 Å². The minimum atomic E-state index is 0.0903. The van der Waals surface area contributed by atoms with Crippen LogP contribution in [-0.4, -0.2) is 26.5 Å². The second kappa shape index (κ2) is 4.55. The molecular formula is C10H10BrN3O. The summed E-state index contributed by atoms with van der Waals surface area (Å²) in [5, 5.41) is 12.9. The summed E-state index contributed by atoms with van der Waals surface area (Å²) in [6.45, 7) is 0.598. The molecule has 1 N–H and O–H groups in total. The fraction of sp³-hybridized carbons (Fsp3) is 0.200. The summed E-state index contributed by atoms with van der Waals surface area (Å²) < 4.78 is 2.49. The van der Waals surface area contributed by atoms with Crippen molar-refractivity contribution < 1.29 is 5.11 Å². The van der Waals surface area contributed by atoms with Crippen molar-refractivity contribution in [1.82, 2.24) is 14.8 Å². The zero-order chi connectivity index (χ0) is 10.7. The first-order valence-corrected chi connectivity index (χ1v) is 5.35. The van der Waals surface area contributed by atoms with Crippen LogP contribution < -0.4 is 0 Å². The van der Waals surface area contributed by atoms with Crippen LogP contribution in [0, 0.1) is 0 Å². The topological polar surface area (TPSA) is 50.9 Å². The Balaban J connectivity index is 2.29. The SMILES string of the molecule is OCCn1cc(-c2cccc(Br)n2)cn1. The molecule has 0 unspecified atom stereocenters. The average molecular weight is 268 g/mol. The Morgan fingerprint density at radius 2 is 2.27 bits per heavy atom. The maximum atomic E-state index is 8.76. The first-order chi connectivity index (χ1) is 7.29. The van der Waals surface area contributed by atoms with Crippen molar-refractivity contribution in [3.8, 4) is 11.3 Å². The van der Waals surface area contributed by atoms with E-state index in [1.807, 2.05) is 24.4 Å². The van der Waals surface area contributed by atoms with E-state index in [0.717, 1.165) is 15.9 Å². The normalized spacial score (nSPS) is 10.5. The molecule has 0 aliphatic rings. The van der Waals surface area contributed by atoms with Gasteiger partial charge in [-0.15, -0.1) is 0 Å². The van der Waals surface area contributed by atoms with Gasteiger partial charge in [-0.1, -0.05) is 6.07 Å². The van der Waals surface area contributed by atoms with E-state index in [1.165, 1.54) is 0 Å². The largest absolute Gasteiger partial charge is 0.394 e. The fourth-order valence-electron chi connectivity index (χ4n) is 1.29. The Morgan fingerprint density at radius 3 is 3.00 bits per heavy atom. The standard InChI is InChI=1S/C10H10BrN3O/c11-10-3-1-2-9(13-10)8-6-12-14(7-8)4-5-15/h1-3,6-7,15H,4-5H2. The van der Waals surface area contributed by atoms with Crippen molar-refractivity contribution in [3.63, 3.8) is 0 Å². The van der Waals surface area contributed by atoms with Crippen LogP contribution in [0.5, 0.6) is 0 Å². The van der Waals surface area contributed by atoms with Crippen LogP contribution in [-0.2, 0) is 6.54 Å². The summed E-state index contributed by atoms with van der Waals surface area (Å²) in [5.74, 6) is 0. The summed E-state index contributed by atoms with van der Waals surface area (Å²) in [7, 11) is 0. The lowest BCUT2D eigenvalue weighted by molar-refractivity contribution is 0.269. The molecule has 2 rings (SSSR count). The molecule has 0 amide bonds. The molecule has 78 valence electrons. The van der Waals surface area contributed by atoms with Gasteiger partial charge >= 0.3 is 0 Å². The third-order valence-corrected chi connectivity index (χ3v) is 2.41. The van der Waals surface area contributed by atoms with Gasteiger partial charge in [0.25, 0.3) is 0 Å². The number of pyridine rings is 1. The van der Waals surface area contributed by atoms with Crippen LogP contribution in [0.4, 0.5) is 0 Å². The molecule has 0 bridgehead atoms. The Kier molecular flexibility index (Phi) is 3.13. The highest BCUT2D eigenvalue weighted by Crippen LogP contribution is 2.18. The molecule has 0 radical (unpaired) electrons. The molecule has 15 heavy (non-hydrogen) atoms. The van der Waals surface area contributed by atoms with Crippen molar-refractivity contribution >= 4 is 15.9 Å². The lowest BCUT2D eigenvalue weighted by Crippen LogP contribution is -2.01. The van der Waals surface area contributed by atoms with E-state index in [9.17, 15) is 0 Å². The van der Waals surface area contributed by atoms with Gasteiger partial charge in [-0.05, 0) is 28.1 Å². The molecule has 5 heteroatoms. The molecule has 4 nitrogen and oxygen atoms in total. The molecule has 2 aromatic heterocycles. The van der Waals surface area contributed by atoms with E-state index in [4.69, 9.17) is 5.11 Å². The Bertz CT molecular complexity index is 455. The predicted octanol–water partition coefficient (Wildman–Crippen LogP) is 1.70. The molecule has 2 heterocycles. The van der Waals surface area contributed by atoms with Gasteiger partial charge in [0.2, 0.25) is 0 Å². The van der Waals surface area contributed by atoms with Crippen LogP contribution in [0.25, 0.3) is 11.3 Å². The summed E-state index contributed by atoms with van der Waals surface area (Å²) in [4.78, 5) is 4.32. The quantitative estimate of drug-likeness (QED) is 0.862. The number of hydrogen-bond donors (Lipinski definition) is 1. The number of nitrogens with zero attached hydrogens (tertiary/aromatic N) is 3. The van der Waals surface area contributed by atoms with Crippen molar-refractivity contribution in [2.45, 2.75) is 6.54 Å². The average Bonchev–Trinajstić information content (AvgIpc) is 2.67. The van der Waals surface area contributed by atoms with Crippen LogP contribution in [0.1, 0.15) is 0 Å². The maximum absolute atomic E-state index is 8.76. The van der Waals surface area contributed by atoms with E-state index in [2.05, 4.69) is 26.0 Å². The fourth-order valence-corrected chi connectivity index (χ4v) is 1.63. The second-order valence-corrected chi connectivity index (χ2v) is 3.87. The van der Waals surface area contributed by atoms with Gasteiger partial charge in [0.15, 0.2) is 0 Å². The summed E-state index contributed by atoms with van der Waals surface area (Å²) in [5.41, 5.74) is 1.82. The lowest BCUT2D eigenvalue weighted by Gasteiger charge is -1.97. The molecular weight excluding hydrogens is 258 g/mol. The van der Waals surface area contributed by atoms with Crippen LogP contribution >= 0.6 is 15.9 Å². The maximum Gasteiger partial charge on any atom is 0.106 e. The first kappa shape index (κ1) is 10.3. The minimum absolute atomic E-state index is 0.0903. The highest BCUT2D eigenvalue weighted by molar-refractivity contribution is 9.10. The molecule has 0 spiro atoms. The summed E-state index contributed by atoms with van der Waals surface area (Å²) in [6, 6.07) is 5.72. The van der Waals surface area contributed by atoms with E-state index in [0.29, 0.717) is 6.54 Å². The van der Waals surface area contributed by atoms with Crippen LogP contribution in [0.15, 0.2) is 35.2 Å². The third kappa shape index (κ3) is 2.43. The van der Waals surface area contributed by atoms with Crippen LogP contribution in [0.3, 0.4) is 0 Å². The van der Waals surface area contributed by atoms with Gasteiger partial charge in [0.1, 0.15) is 4.60 Å². The molecule has 0 saturated carbocycles. The van der Waals surface area contributed by atoms with Gasteiger partial charge < -0.3 is 5.11 Å². The molecule has 2 aromatic rings. The highest BCUT2D eigenvalue weighted by atomic mass is 79.9. The van der Waals surface area contributed by atoms with E-state index < -0.39 is 0 Å². The number of hydrogen-bond acceptors (Lipinski definition) is 3. The lowest BCUT2D eigenvalue weighted by atomic mass is 10.2. The molecule has 0 saturated heterocycles. The highest BCUT2D eigenvalue weighted by Gasteiger charge is 2.02. The first-order valence-electron chi connectivity index (χ1n) is 4.56. The number of aliphatic hydroxyl groups excluding tert-OH is 1. The zero-order valence-electron chi connectivity index (χ0n) is 7.97. The Labute approximate surface area is 95.7 Å². The number of aliphatic hydroxyl groups is 1. The molecule has 0 atom stereocenters. The molecule has 0 aliphatic heterocycles. The van der Waals surface area contributed by atoms with Crippen molar-refractivity contribution in [3.05, 3.63) is 35.2 Å². The van der Waals surface area contributed by atoms with Gasteiger partial charge in [-0.2, -0.15) is 5.10 Å². The predicted molar refractivity (Wildman–Crippen MR) is 60.2 cm³/mol. The Morgan fingerprint density at radius 1 is 1.40 bits per heavy atom. The van der Waals surface area contributed by atoms with Crippen molar-refractivity contribution in [2.24, 2.45) is 0 Å².